The van der Waals surface area contributed by atoms with Crippen LogP contribution in [0.1, 0.15) is 36.5 Å². The van der Waals surface area contributed by atoms with Crippen LogP contribution in [0.4, 0.5) is 5.69 Å². The average molecular weight is 287 g/mol. The molecule has 2 fully saturated rings. The number of anilines is 1. The molecule has 0 saturated carbocycles. The number of carbonyl (C=O) groups excluding carboxylic acids is 2. The first-order valence-electron chi connectivity index (χ1n) is 7.62. The van der Waals surface area contributed by atoms with Gasteiger partial charge in [0.2, 0.25) is 5.91 Å². The van der Waals surface area contributed by atoms with E-state index in [1.807, 2.05) is 6.92 Å². The summed E-state index contributed by atoms with van der Waals surface area (Å²) < 4.78 is 0. The number of amides is 2. The van der Waals surface area contributed by atoms with Gasteiger partial charge < -0.3 is 16.0 Å². The summed E-state index contributed by atoms with van der Waals surface area (Å²) in [6.07, 6.45) is 3.22. The largest absolute Gasteiger partial charge is 0.352 e. The van der Waals surface area contributed by atoms with Gasteiger partial charge >= 0.3 is 0 Å². The monoisotopic (exact) mass is 287 g/mol. The maximum Gasteiger partial charge on any atom is 0.251 e. The molecule has 2 bridgehead atoms. The summed E-state index contributed by atoms with van der Waals surface area (Å²) in [7, 11) is 0. The van der Waals surface area contributed by atoms with Crippen molar-refractivity contribution in [3.63, 3.8) is 0 Å². The van der Waals surface area contributed by atoms with E-state index in [4.69, 9.17) is 0 Å². The van der Waals surface area contributed by atoms with E-state index in [1.165, 1.54) is 6.42 Å². The van der Waals surface area contributed by atoms with Crippen LogP contribution in [0.25, 0.3) is 0 Å². The lowest BCUT2D eigenvalue weighted by Gasteiger charge is -2.19. The minimum atomic E-state index is -0.0901. The zero-order valence-electron chi connectivity index (χ0n) is 12.2. The highest BCUT2D eigenvalue weighted by molar-refractivity contribution is 5.96. The van der Waals surface area contributed by atoms with Gasteiger partial charge in [-0.3, -0.25) is 9.59 Å². The van der Waals surface area contributed by atoms with Gasteiger partial charge in [0.05, 0.1) is 5.92 Å². The Morgan fingerprint density at radius 2 is 2.00 bits per heavy atom. The van der Waals surface area contributed by atoms with Crippen molar-refractivity contribution in [3.05, 3.63) is 29.8 Å². The minimum Gasteiger partial charge on any atom is -0.352 e. The van der Waals surface area contributed by atoms with E-state index >= 15 is 0 Å². The molecule has 112 valence electrons. The van der Waals surface area contributed by atoms with E-state index in [0.717, 1.165) is 18.5 Å². The van der Waals surface area contributed by atoms with E-state index in [-0.39, 0.29) is 17.7 Å². The molecular weight excluding hydrogens is 266 g/mol. The van der Waals surface area contributed by atoms with Crippen LogP contribution in [0.15, 0.2) is 24.3 Å². The van der Waals surface area contributed by atoms with Crippen molar-refractivity contribution in [2.24, 2.45) is 5.92 Å². The first kappa shape index (κ1) is 14.1. The molecule has 0 radical (unpaired) electrons. The molecule has 3 atom stereocenters. The van der Waals surface area contributed by atoms with Gasteiger partial charge in [-0.05, 0) is 50.5 Å². The second-order valence-electron chi connectivity index (χ2n) is 5.82. The van der Waals surface area contributed by atoms with E-state index in [2.05, 4.69) is 16.0 Å². The third-order valence-corrected chi connectivity index (χ3v) is 4.39. The number of carbonyl (C=O) groups is 2. The summed E-state index contributed by atoms with van der Waals surface area (Å²) >= 11 is 0. The van der Waals surface area contributed by atoms with E-state index < -0.39 is 0 Å². The van der Waals surface area contributed by atoms with Crippen molar-refractivity contribution in [3.8, 4) is 0 Å². The molecule has 1 aromatic rings. The Bertz CT molecular complexity index is 541. The van der Waals surface area contributed by atoms with E-state index in [0.29, 0.717) is 24.2 Å². The standard InChI is InChI=1S/C16H21N3O2/c1-2-17-15(20)10-3-5-11(6-4-10)19-16(21)13-9-12-7-8-14(13)18-12/h3-6,12-14,18H,2,7-9H2,1H3,(H,17,20)(H,19,21). The minimum absolute atomic E-state index is 0.0758. The number of benzene rings is 1. The Balaban J connectivity index is 1.60. The Kier molecular flexibility index (Phi) is 3.92. The molecule has 3 rings (SSSR count). The first-order valence-corrected chi connectivity index (χ1v) is 7.62. The summed E-state index contributed by atoms with van der Waals surface area (Å²) in [5.41, 5.74) is 1.35. The fourth-order valence-corrected chi connectivity index (χ4v) is 3.32. The Hall–Kier alpha value is -1.88. The number of hydrogen-bond donors (Lipinski definition) is 3. The zero-order chi connectivity index (χ0) is 14.8. The quantitative estimate of drug-likeness (QED) is 0.786. The third-order valence-electron chi connectivity index (χ3n) is 4.39. The van der Waals surface area contributed by atoms with Crippen molar-refractivity contribution >= 4 is 17.5 Å². The van der Waals surface area contributed by atoms with Crippen molar-refractivity contribution < 1.29 is 9.59 Å². The number of rotatable bonds is 4. The molecule has 5 heteroatoms. The average Bonchev–Trinajstić information content (AvgIpc) is 3.11. The second-order valence-corrected chi connectivity index (χ2v) is 5.82. The molecule has 2 heterocycles. The van der Waals surface area contributed by atoms with Crippen LogP contribution in [0.5, 0.6) is 0 Å². The van der Waals surface area contributed by atoms with Crippen molar-refractivity contribution in [2.75, 3.05) is 11.9 Å². The molecule has 2 aliphatic rings. The predicted octanol–water partition coefficient (Wildman–Crippen LogP) is 1.52. The van der Waals surface area contributed by atoms with Crippen molar-refractivity contribution in [1.29, 1.82) is 0 Å². The smallest absolute Gasteiger partial charge is 0.251 e. The lowest BCUT2D eigenvalue weighted by Crippen LogP contribution is -2.32. The molecule has 2 aliphatic heterocycles. The molecular formula is C16H21N3O2. The van der Waals surface area contributed by atoms with Gasteiger partial charge in [-0.25, -0.2) is 0 Å². The maximum absolute atomic E-state index is 12.3. The highest BCUT2D eigenvalue weighted by Crippen LogP contribution is 2.33. The van der Waals surface area contributed by atoms with Gasteiger partial charge in [0, 0.05) is 29.9 Å². The summed E-state index contributed by atoms with van der Waals surface area (Å²) in [6.45, 7) is 2.49. The maximum atomic E-state index is 12.3. The molecule has 0 aromatic heterocycles. The highest BCUT2D eigenvalue weighted by Gasteiger charge is 2.42. The Morgan fingerprint density at radius 1 is 1.24 bits per heavy atom. The highest BCUT2D eigenvalue weighted by atomic mass is 16.2. The Morgan fingerprint density at radius 3 is 2.57 bits per heavy atom. The summed E-state index contributed by atoms with van der Waals surface area (Å²) in [4.78, 5) is 24.0. The van der Waals surface area contributed by atoms with Crippen molar-refractivity contribution in [1.82, 2.24) is 10.6 Å². The molecule has 3 unspecified atom stereocenters. The van der Waals surface area contributed by atoms with Crippen LogP contribution in [0, 0.1) is 5.92 Å². The van der Waals surface area contributed by atoms with Gasteiger partial charge in [-0.1, -0.05) is 0 Å². The third kappa shape index (κ3) is 2.93. The van der Waals surface area contributed by atoms with Crippen LogP contribution in [0.2, 0.25) is 0 Å². The van der Waals surface area contributed by atoms with Gasteiger partial charge in [0.25, 0.3) is 5.91 Å². The normalized spacial score (nSPS) is 26.6. The molecule has 21 heavy (non-hydrogen) atoms. The van der Waals surface area contributed by atoms with Gasteiger partial charge in [0.1, 0.15) is 0 Å². The summed E-state index contributed by atoms with van der Waals surface area (Å²) in [5, 5.41) is 9.18. The number of hydrogen-bond acceptors (Lipinski definition) is 3. The molecule has 1 aromatic carbocycles. The number of nitrogens with one attached hydrogen (secondary N) is 3. The van der Waals surface area contributed by atoms with Gasteiger partial charge in [0.15, 0.2) is 0 Å². The molecule has 5 nitrogen and oxygen atoms in total. The van der Waals surface area contributed by atoms with Crippen LogP contribution in [0.3, 0.4) is 0 Å². The lowest BCUT2D eigenvalue weighted by atomic mass is 9.88. The molecule has 0 spiro atoms. The van der Waals surface area contributed by atoms with Crippen LogP contribution < -0.4 is 16.0 Å². The fraction of sp³-hybridized carbons (Fsp3) is 0.500. The van der Waals surface area contributed by atoms with Crippen molar-refractivity contribution in [2.45, 2.75) is 38.3 Å². The van der Waals surface area contributed by atoms with Crippen LogP contribution in [-0.2, 0) is 4.79 Å². The van der Waals surface area contributed by atoms with Gasteiger partial charge in [-0.2, -0.15) is 0 Å². The zero-order valence-corrected chi connectivity index (χ0v) is 12.2. The predicted molar refractivity (Wildman–Crippen MR) is 81.1 cm³/mol. The number of fused-ring (bicyclic) bond motifs is 2. The molecule has 0 aliphatic carbocycles. The fourth-order valence-electron chi connectivity index (χ4n) is 3.32. The second kappa shape index (κ2) is 5.85. The topological polar surface area (TPSA) is 70.2 Å². The summed E-state index contributed by atoms with van der Waals surface area (Å²) in [5.74, 6) is 0.0694. The SMILES string of the molecule is CCNC(=O)c1ccc(NC(=O)C2CC3CCC2N3)cc1. The Labute approximate surface area is 124 Å². The first-order chi connectivity index (χ1) is 10.2. The van der Waals surface area contributed by atoms with Crippen LogP contribution >= 0.6 is 0 Å². The molecule has 3 N–H and O–H groups in total. The molecule has 2 amide bonds. The lowest BCUT2D eigenvalue weighted by molar-refractivity contribution is -0.120. The van der Waals surface area contributed by atoms with Crippen LogP contribution in [-0.4, -0.2) is 30.4 Å². The van der Waals surface area contributed by atoms with E-state index in [9.17, 15) is 9.59 Å². The summed E-state index contributed by atoms with van der Waals surface area (Å²) in [6, 6.07) is 7.89. The molecule has 2 saturated heterocycles. The van der Waals surface area contributed by atoms with E-state index in [1.54, 1.807) is 24.3 Å². The van der Waals surface area contributed by atoms with Gasteiger partial charge in [-0.15, -0.1) is 0 Å².